The molecule has 10 heteroatoms. The number of unbranched alkanes of at least 4 members (excludes halogenated alkanes) is 1. The van der Waals surface area contributed by atoms with Crippen LogP contribution in [0.2, 0.25) is 0 Å². The number of para-hydroxylation sites is 1. The zero-order valence-electron chi connectivity index (χ0n) is 18.9. The van der Waals surface area contributed by atoms with Gasteiger partial charge in [-0.15, -0.1) is 0 Å². The van der Waals surface area contributed by atoms with E-state index in [0.717, 1.165) is 22.0 Å². The van der Waals surface area contributed by atoms with Gasteiger partial charge in [0.25, 0.3) is 5.91 Å². The fourth-order valence-electron chi connectivity index (χ4n) is 3.66. The van der Waals surface area contributed by atoms with Gasteiger partial charge in [-0.1, -0.05) is 31.5 Å². The van der Waals surface area contributed by atoms with E-state index in [9.17, 15) is 23.2 Å². The second kappa shape index (κ2) is 9.90. The molecule has 1 fully saturated rings. The van der Waals surface area contributed by atoms with E-state index in [2.05, 4.69) is 0 Å². The van der Waals surface area contributed by atoms with Crippen molar-refractivity contribution in [1.29, 1.82) is 0 Å². The summed E-state index contributed by atoms with van der Waals surface area (Å²) < 4.78 is 33.8. The van der Waals surface area contributed by atoms with Crippen LogP contribution in [-0.2, 0) is 19.6 Å². The molecule has 2 aromatic carbocycles. The van der Waals surface area contributed by atoms with E-state index in [4.69, 9.17) is 4.74 Å². The number of benzene rings is 2. The molecule has 1 aliphatic rings. The Hall–Kier alpha value is -2.95. The highest BCUT2D eigenvalue weighted by molar-refractivity contribution is 7.89. The van der Waals surface area contributed by atoms with Crippen LogP contribution in [0.1, 0.15) is 33.6 Å². The number of sulfonamides is 1. The van der Waals surface area contributed by atoms with Gasteiger partial charge in [0.15, 0.2) is 6.17 Å². The molecule has 0 radical (unpaired) electrons. The molecule has 0 spiro atoms. The van der Waals surface area contributed by atoms with E-state index in [0.29, 0.717) is 18.0 Å². The van der Waals surface area contributed by atoms with Crippen molar-refractivity contribution in [3.05, 3.63) is 54.6 Å². The van der Waals surface area contributed by atoms with Gasteiger partial charge in [0.1, 0.15) is 5.75 Å². The molecule has 1 saturated heterocycles. The lowest BCUT2D eigenvalue weighted by atomic mass is 9.88. The third-order valence-electron chi connectivity index (χ3n) is 5.44. The first-order valence-corrected chi connectivity index (χ1v) is 12.1. The summed E-state index contributed by atoms with van der Waals surface area (Å²) in [5, 5.41) is 9.39. The molecule has 1 heterocycles. The van der Waals surface area contributed by atoms with Crippen LogP contribution in [-0.4, -0.2) is 49.1 Å². The number of ether oxygens (including phenoxy) is 1. The number of amides is 2. The molecule has 0 bridgehead atoms. The predicted octanol–water partition coefficient (Wildman–Crippen LogP) is 2.76. The monoisotopic (exact) mass is 475 g/mol. The first-order chi connectivity index (χ1) is 15.6. The summed E-state index contributed by atoms with van der Waals surface area (Å²) >= 11 is 0. The van der Waals surface area contributed by atoms with Gasteiger partial charge in [-0.3, -0.25) is 19.7 Å². The number of hydrogen-bond acceptors (Lipinski definition) is 6. The third-order valence-corrected chi connectivity index (χ3v) is 7.26. The number of carbonyl (C=O) groups excluding carboxylic acids is 2. The molecule has 0 aromatic heterocycles. The highest BCUT2D eigenvalue weighted by Gasteiger charge is 2.52. The number of hydroxylamine groups is 1. The van der Waals surface area contributed by atoms with Gasteiger partial charge >= 0.3 is 0 Å². The van der Waals surface area contributed by atoms with E-state index in [1.54, 1.807) is 56.3 Å². The molecular formula is C23H29N3O6S. The number of nitrogens with zero attached hydrogens (tertiary/aromatic N) is 2. The van der Waals surface area contributed by atoms with Crippen LogP contribution in [0.25, 0.3) is 0 Å². The van der Waals surface area contributed by atoms with Crippen molar-refractivity contribution in [1.82, 2.24) is 9.79 Å². The standard InChI is InChI=1S/C23H29N3O6S/c1-4-5-15-32-18-11-13-19(14-12-18)33(30,31)25-16-23(2,3)22(28)26(21(25)20(27)24-29)17-9-7-6-8-10-17/h6-14,21,29H,4-5,15-16H2,1-3H3,(H,24,27). The molecular weight excluding hydrogens is 446 g/mol. The zero-order chi connectivity index (χ0) is 24.2. The highest BCUT2D eigenvalue weighted by Crippen LogP contribution is 2.36. The zero-order valence-corrected chi connectivity index (χ0v) is 19.7. The maximum absolute atomic E-state index is 13.6. The maximum Gasteiger partial charge on any atom is 0.282 e. The van der Waals surface area contributed by atoms with Gasteiger partial charge in [0.05, 0.1) is 16.9 Å². The van der Waals surface area contributed by atoms with Gasteiger partial charge < -0.3 is 4.74 Å². The van der Waals surface area contributed by atoms with Crippen LogP contribution in [0.4, 0.5) is 5.69 Å². The maximum atomic E-state index is 13.6. The Morgan fingerprint density at radius 3 is 2.36 bits per heavy atom. The van der Waals surface area contributed by atoms with Crippen LogP contribution in [0.5, 0.6) is 5.75 Å². The average Bonchev–Trinajstić information content (AvgIpc) is 2.81. The molecule has 1 unspecified atom stereocenters. The highest BCUT2D eigenvalue weighted by atomic mass is 32.2. The van der Waals surface area contributed by atoms with Crippen LogP contribution in [0.3, 0.4) is 0 Å². The van der Waals surface area contributed by atoms with Crippen molar-refractivity contribution in [3.8, 4) is 5.75 Å². The average molecular weight is 476 g/mol. The molecule has 3 rings (SSSR count). The summed E-state index contributed by atoms with van der Waals surface area (Å²) in [6.45, 7) is 5.55. The van der Waals surface area contributed by atoms with Crippen LogP contribution < -0.4 is 15.1 Å². The first-order valence-electron chi connectivity index (χ1n) is 10.7. The summed E-state index contributed by atoms with van der Waals surface area (Å²) in [5.74, 6) is -0.939. The third kappa shape index (κ3) is 5.02. The van der Waals surface area contributed by atoms with Gasteiger partial charge in [-0.2, -0.15) is 4.31 Å². The van der Waals surface area contributed by atoms with E-state index in [-0.39, 0.29) is 11.4 Å². The van der Waals surface area contributed by atoms with Gasteiger partial charge in [0, 0.05) is 12.2 Å². The Bertz CT molecular complexity index is 1090. The van der Waals surface area contributed by atoms with Crippen molar-refractivity contribution < 1.29 is 28.0 Å². The molecule has 1 aliphatic heterocycles. The smallest absolute Gasteiger partial charge is 0.282 e. The molecule has 0 saturated carbocycles. The van der Waals surface area contributed by atoms with Crippen molar-refractivity contribution >= 4 is 27.5 Å². The minimum Gasteiger partial charge on any atom is -0.494 e. The molecule has 33 heavy (non-hydrogen) atoms. The largest absolute Gasteiger partial charge is 0.494 e. The Morgan fingerprint density at radius 1 is 1.15 bits per heavy atom. The van der Waals surface area contributed by atoms with E-state index >= 15 is 0 Å². The quantitative estimate of drug-likeness (QED) is 0.345. The fraction of sp³-hybridized carbons (Fsp3) is 0.391. The summed E-state index contributed by atoms with van der Waals surface area (Å²) in [6, 6.07) is 14.2. The lowest BCUT2D eigenvalue weighted by molar-refractivity contribution is -0.142. The van der Waals surface area contributed by atoms with Crippen molar-refractivity contribution in [3.63, 3.8) is 0 Å². The number of carbonyl (C=O) groups is 2. The summed E-state index contributed by atoms with van der Waals surface area (Å²) in [6.07, 6.45) is 0.246. The SMILES string of the molecule is CCCCOc1ccc(S(=O)(=O)N2CC(C)(C)C(=O)N(c3ccccc3)C2C(=O)NO)cc1. The van der Waals surface area contributed by atoms with Crippen LogP contribution in [0.15, 0.2) is 59.5 Å². The normalized spacial score (nSPS) is 18.7. The van der Waals surface area contributed by atoms with Crippen molar-refractivity contribution in [2.75, 3.05) is 18.1 Å². The molecule has 1 atom stereocenters. The minimum atomic E-state index is -4.23. The van der Waals surface area contributed by atoms with Crippen molar-refractivity contribution in [2.45, 2.75) is 44.7 Å². The van der Waals surface area contributed by atoms with Gasteiger partial charge in [0.2, 0.25) is 15.9 Å². The molecule has 0 aliphatic carbocycles. The lowest BCUT2D eigenvalue weighted by Crippen LogP contribution is -2.68. The molecule has 9 nitrogen and oxygen atoms in total. The second-order valence-electron chi connectivity index (χ2n) is 8.47. The second-order valence-corrected chi connectivity index (χ2v) is 10.4. The number of hydrogen-bond donors (Lipinski definition) is 2. The van der Waals surface area contributed by atoms with E-state index in [1.165, 1.54) is 17.6 Å². The van der Waals surface area contributed by atoms with Gasteiger partial charge in [-0.05, 0) is 56.7 Å². The van der Waals surface area contributed by atoms with E-state index in [1.807, 2.05) is 6.92 Å². The Labute approximate surface area is 194 Å². The molecule has 2 aromatic rings. The van der Waals surface area contributed by atoms with Crippen molar-refractivity contribution in [2.24, 2.45) is 5.41 Å². The number of anilines is 1. The fourth-order valence-corrected chi connectivity index (χ4v) is 5.35. The van der Waals surface area contributed by atoms with Crippen LogP contribution >= 0.6 is 0 Å². The Kier molecular flexibility index (Phi) is 7.41. The van der Waals surface area contributed by atoms with Gasteiger partial charge in [-0.25, -0.2) is 13.9 Å². The predicted molar refractivity (Wildman–Crippen MR) is 122 cm³/mol. The number of nitrogens with one attached hydrogen (secondary N) is 1. The first kappa shape index (κ1) is 24.7. The number of rotatable bonds is 8. The topological polar surface area (TPSA) is 116 Å². The molecule has 2 N–H and O–H groups in total. The summed E-state index contributed by atoms with van der Waals surface area (Å²) in [5.41, 5.74) is 0.725. The van der Waals surface area contributed by atoms with E-state index < -0.39 is 33.4 Å². The minimum absolute atomic E-state index is 0.0563. The van der Waals surface area contributed by atoms with Crippen LogP contribution in [0, 0.1) is 5.41 Å². The Morgan fingerprint density at radius 2 is 1.79 bits per heavy atom. The Balaban J connectivity index is 2.04. The lowest BCUT2D eigenvalue weighted by Gasteiger charge is -2.47. The molecule has 178 valence electrons. The summed E-state index contributed by atoms with van der Waals surface area (Å²) in [7, 11) is -4.23. The summed E-state index contributed by atoms with van der Waals surface area (Å²) in [4.78, 5) is 27.0. The molecule has 2 amide bonds.